The first-order valence-corrected chi connectivity index (χ1v) is 9.88. The SMILES string of the molecule is O=[N+]([O-])c1cc2c(c(CSc3nnc(Nc4cccc(F)c4)s3)c1)OCOC2. The lowest BCUT2D eigenvalue weighted by atomic mass is 10.1. The fourth-order valence-electron chi connectivity index (χ4n) is 2.64. The highest BCUT2D eigenvalue weighted by molar-refractivity contribution is 8.00. The highest BCUT2D eigenvalue weighted by atomic mass is 32.2. The summed E-state index contributed by atoms with van der Waals surface area (Å²) in [4.78, 5) is 10.7. The largest absolute Gasteiger partial charge is 0.467 e. The highest BCUT2D eigenvalue weighted by Crippen LogP contribution is 2.37. The maximum atomic E-state index is 13.3. The third kappa shape index (κ3) is 4.21. The Bertz CT molecular complexity index is 1030. The molecule has 0 atom stereocenters. The van der Waals surface area contributed by atoms with Gasteiger partial charge in [0.05, 0.1) is 11.5 Å². The molecule has 11 heteroatoms. The molecule has 0 spiro atoms. The molecule has 0 amide bonds. The van der Waals surface area contributed by atoms with Gasteiger partial charge in [0.15, 0.2) is 11.1 Å². The Morgan fingerprint density at radius 1 is 1.32 bits per heavy atom. The monoisotopic (exact) mass is 420 g/mol. The van der Waals surface area contributed by atoms with E-state index in [-0.39, 0.29) is 24.9 Å². The minimum atomic E-state index is -0.435. The summed E-state index contributed by atoms with van der Waals surface area (Å²) in [6.45, 7) is 0.387. The fraction of sp³-hybridized carbons (Fsp3) is 0.176. The van der Waals surface area contributed by atoms with Gasteiger partial charge in [-0.15, -0.1) is 10.2 Å². The van der Waals surface area contributed by atoms with E-state index in [2.05, 4.69) is 15.5 Å². The van der Waals surface area contributed by atoms with E-state index in [1.807, 2.05) is 0 Å². The van der Waals surface area contributed by atoms with Crippen molar-refractivity contribution in [1.82, 2.24) is 10.2 Å². The first kappa shape index (κ1) is 18.6. The van der Waals surface area contributed by atoms with Crippen LogP contribution in [-0.4, -0.2) is 21.9 Å². The molecule has 3 aromatic rings. The number of fused-ring (bicyclic) bond motifs is 1. The maximum Gasteiger partial charge on any atom is 0.270 e. The molecule has 0 unspecified atom stereocenters. The summed E-state index contributed by atoms with van der Waals surface area (Å²) in [5.41, 5.74) is 1.93. The molecule has 144 valence electrons. The fourth-order valence-corrected chi connectivity index (χ4v) is 4.38. The van der Waals surface area contributed by atoms with Gasteiger partial charge in [-0.25, -0.2) is 4.39 Å². The van der Waals surface area contributed by atoms with E-state index < -0.39 is 4.92 Å². The molecule has 2 aromatic carbocycles. The summed E-state index contributed by atoms with van der Waals surface area (Å²) in [6, 6.07) is 9.02. The third-order valence-electron chi connectivity index (χ3n) is 3.82. The van der Waals surface area contributed by atoms with Crippen LogP contribution in [0.4, 0.5) is 20.9 Å². The molecule has 1 aromatic heterocycles. The van der Waals surface area contributed by atoms with Crippen LogP contribution >= 0.6 is 23.1 Å². The standard InChI is InChI=1S/C17H13FN4O4S2/c18-12-2-1-3-13(6-12)19-16-20-21-17(28-16)27-8-11-5-14(22(23)24)4-10-7-25-9-26-15(10)11/h1-6H,7-9H2,(H,19,20). The quantitative estimate of drug-likeness (QED) is 0.354. The number of halogens is 1. The Morgan fingerprint density at radius 2 is 2.21 bits per heavy atom. The van der Waals surface area contributed by atoms with Crippen molar-refractivity contribution in [2.45, 2.75) is 16.7 Å². The molecular formula is C17H13FN4O4S2. The zero-order valence-electron chi connectivity index (χ0n) is 14.3. The van der Waals surface area contributed by atoms with E-state index in [4.69, 9.17) is 9.47 Å². The van der Waals surface area contributed by atoms with Gasteiger partial charge in [0, 0.05) is 34.7 Å². The molecular weight excluding hydrogens is 407 g/mol. The summed E-state index contributed by atoms with van der Waals surface area (Å²) in [7, 11) is 0. The summed E-state index contributed by atoms with van der Waals surface area (Å²) >= 11 is 2.70. The van der Waals surface area contributed by atoms with Gasteiger partial charge >= 0.3 is 0 Å². The van der Waals surface area contributed by atoms with Crippen molar-refractivity contribution < 1.29 is 18.8 Å². The second-order valence-electron chi connectivity index (χ2n) is 5.76. The number of aromatic nitrogens is 2. The summed E-state index contributed by atoms with van der Waals surface area (Å²) < 4.78 is 24.7. The first-order valence-electron chi connectivity index (χ1n) is 8.08. The maximum absolute atomic E-state index is 13.3. The smallest absolute Gasteiger partial charge is 0.270 e. The first-order chi connectivity index (χ1) is 13.6. The highest BCUT2D eigenvalue weighted by Gasteiger charge is 2.21. The molecule has 28 heavy (non-hydrogen) atoms. The Hall–Kier alpha value is -2.76. The number of hydrogen-bond donors (Lipinski definition) is 1. The van der Waals surface area contributed by atoms with Gasteiger partial charge in [-0.2, -0.15) is 0 Å². The molecule has 1 N–H and O–H groups in total. The van der Waals surface area contributed by atoms with E-state index >= 15 is 0 Å². The van der Waals surface area contributed by atoms with Crippen LogP contribution in [0, 0.1) is 15.9 Å². The summed E-state index contributed by atoms with van der Waals surface area (Å²) in [5.74, 6) is 0.703. The Morgan fingerprint density at radius 3 is 3.04 bits per heavy atom. The molecule has 2 heterocycles. The van der Waals surface area contributed by atoms with E-state index in [0.717, 1.165) is 0 Å². The number of non-ortho nitro benzene ring substituents is 1. The van der Waals surface area contributed by atoms with Crippen LogP contribution in [0.5, 0.6) is 5.75 Å². The average molecular weight is 420 g/mol. The Labute approximate surface area is 166 Å². The molecule has 0 bridgehead atoms. The van der Waals surface area contributed by atoms with Crippen LogP contribution < -0.4 is 10.1 Å². The van der Waals surface area contributed by atoms with Gasteiger partial charge in [0.1, 0.15) is 11.6 Å². The molecule has 0 saturated heterocycles. The van der Waals surface area contributed by atoms with Crippen LogP contribution in [0.15, 0.2) is 40.7 Å². The van der Waals surface area contributed by atoms with Crippen molar-refractivity contribution in [2.75, 3.05) is 12.1 Å². The predicted octanol–water partition coefficient (Wildman–Crippen LogP) is 4.49. The van der Waals surface area contributed by atoms with Crippen LogP contribution in [0.3, 0.4) is 0 Å². The van der Waals surface area contributed by atoms with Gasteiger partial charge in [-0.05, 0) is 18.2 Å². The number of benzene rings is 2. The topological polar surface area (TPSA) is 99.4 Å². The van der Waals surface area contributed by atoms with Crippen molar-refractivity contribution in [3.05, 3.63) is 63.5 Å². The van der Waals surface area contributed by atoms with E-state index in [1.54, 1.807) is 12.1 Å². The van der Waals surface area contributed by atoms with Crippen molar-refractivity contribution >= 4 is 39.6 Å². The van der Waals surface area contributed by atoms with Gasteiger partial charge < -0.3 is 14.8 Å². The van der Waals surface area contributed by atoms with Gasteiger partial charge in [-0.1, -0.05) is 29.2 Å². The van der Waals surface area contributed by atoms with E-state index in [0.29, 0.717) is 37.8 Å². The number of nitrogens with one attached hydrogen (secondary N) is 1. The number of nitro groups is 1. The lowest BCUT2D eigenvalue weighted by Crippen LogP contribution is -2.13. The van der Waals surface area contributed by atoms with Crippen LogP contribution in [-0.2, 0) is 17.1 Å². The zero-order valence-corrected chi connectivity index (χ0v) is 15.9. The van der Waals surface area contributed by atoms with Gasteiger partial charge in [0.2, 0.25) is 5.13 Å². The average Bonchev–Trinajstić information content (AvgIpc) is 3.13. The Kier molecular flexibility index (Phi) is 5.37. The number of nitrogens with zero attached hydrogens (tertiary/aromatic N) is 3. The zero-order chi connectivity index (χ0) is 19.5. The molecule has 1 aliphatic rings. The van der Waals surface area contributed by atoms with Gasteiger partial charge in [-0.3, -0.25) is 10.1 Å². The molecule has 0 saturated carbocycles. The number of ether oxygens (including phenoxy) is 2. The van der Waals surface area contributed by atoms with Crippen molar-refractivity contribution in [2.24, 2.45) is 0 Å². The second kappa shape index (κ2) is 8.09. The van der Waals surface area contributed by atoms with Crippen LogP contribution in [0.25, 0.3) is 0 Å². The predicted molar refractivity (Wildman–Crippen MR) is 103 cm³/mol. The minimum Gasteiger partial charge on any atom is -0.467 e. The number of hydrogen-bond acceptors (Lipinski definition) is 9. The van der Waals surface area contributed by atoms with Crippen LogP contribution in [0.1, 0.15) is 11.1 Å². The van der Waals surface area contributed by atoms with E-state index in [9.17, 15) is 14.5 Å². The molecule has 4 rings (SSSR count). The third-order valence-corrected chi connectivity index (χ3v) is 5.84. The van der Waals surface area contributed by atoms with Crippen LogP contribution in [0.2, 0.25) is 0 Å². The lowest BCUT2D eigenvalue weighted by molar-refractivity contribution is -0.385. The van der Waals surface area contributed by atoms with Crippen molar-refractivity contribution in [1.29, 1.82) is 0 Å². The minimum absolute atomic E-state index is 0.00539. The molecule has 8 nitrogen and oxygen atoms in total. The lowest BCUT2D eigenvalue weighted by Gasteiger charge is -2.20. The normalized spacial score (nSPS) is 12.9. The molecule has 0 fully saturated rings. The van der Waals surface area contributed by atoms with E-state index in [1.165, 1.54) is 47.4 Å². The summed E-state index contributed by atoms with van der Waals surface area (Å²) in [6.07, 6.45) is 0. The number of nitro benzene ring substituents is 1. The Balaban J connectivity index is 1.48. The molecule has 0 aliphatic carbocycles. The number of rotatable bonds is 6. The van der Waals surface area contributed by atoms with Gasteiger partial charge in [0.25, 0.3) is 5.69 Å². The molecule has 0 radical (unpaired) electrons. The van der Waals surface area contributed by atoms with Crippen molar-refractivity contribution in [3.63, 3.8) is 0 Å². The molecule has 1 aliphatic heterocycles. The number of thioether (sulfide) groups is 1. The summed E-state index contributed by atoms with van der Waals surface area (Å²) in [5, 5.41) is 22.8. The number of anilines is 2. The second-order valence-corrected chi connectivity index (χ2v) is 7.96. The van der Waals surface area contributed by atoms with Crippen molar-refractivity contribution in [3.8, 4) is 5.75 Å².